The summed E-state index contributed by atoms with van der Waals surface area (Å²) < 4.78 is 27.3. The van der Waals surface area contributed by atoms with Gasteiger partial charge in [0.15, 0.2) is 0 Å². The predicted octanol–water partition coefficient (Wildman–Crippen LogP) is 3.04. The molecule has 2 aromatic rings. The molecule has 0 radical (unpaired) electrons. The van der Waals surface area contributed by atoms with Gasteiger partial charge in [0.05, 0.1) is 5.75 Å². The smallest absolute Gasteiger partial charge is 0.227 e. The average molecular weight is 387 g/mol. The molecule has 3 rings (SSSR count). The number of nitrogens with zero attached hydrogens (tertiary/aromatic N) is 1. The first-order valence-corrected chi connectivity index (χ1v) is 11.1. The van der Waals surface area contributed by atoms with Gasteiger partial charge in [-0.15, -0.1) is 0 Å². The Hall–Kier alpha value is -2.18. The van der Waals surface area contributed by atoms with Crippen LogP contribution in [0.25, 0.3) is 0 Å². The summed E-state index contributed by atoms with van der Waals surface area (Å²) in [5.41, 5.74) is 4.01. The van der Waals surface area contributed by atoms with E-state index in [1.807, 2.05) is 53.4 Å². The molecule has 2 aromatic carbocycles. The fourth-order valence-electron chi connectivity index (χ4n) is 3.35. The van der Waals surface area contributed by atoms with Gasteiger partial charge in [-0.3, -0.25) is 4.79 Å². The van der Waals surface area contributed by atoms with Crippen LogP contribution in [0.3, 0.4) is 0 Å². The van der Waals surface area contributed by atoms with Gasteiger partial charge in [0.25, 0.3) is 0 Å². The number of carbonyl (C=O) groups excluding carboxylic acids is 1. The molecule has 0 spiro atoms. The van der Waals surface area contributed by atoms with E-state index < -0.39 is 10.0 Å². The second kappa shape index (κ2) is 8.67. The van der Waals surface area contributed by atoms with Crippen molar-refractivity contribution in [2.75, 3.05) is 17.2 Å². The molecule has 1 aliphatic rings. The zero-order valence-electron chi connectivity index (χ0n) is 15.6. The van der Waals surface area contributed by atoms with Gasteiger partial charge >= 0.3 is 0 Å². The van der Waals surface area contributed by atoms with Crippen molar-refractivity contribution in [3.63, 3.8) is 0 Å². The SMILES string of the molecule is CCCN1C(=O)CCc2cc(CNS(=O)(=O)CCc3ccccc3)ccc21. The summed E-state index contributed by atoms with van der Waals surface area (Å²) in [6.07, 6.45) is 2.63. The number of amides is 1. The van der Waals surface area contributed by atoms with Gasteiger partial charge in [-0.1, -0.05) is 49.4 Å². The third-order valence-electron chi connectivity index (χ3n) is 4.79. The van der Waals surface area contributed by atoms with E-state index in [2.05, 4.69) is 11.6 Å². The van der Waals surface area contributed by atoms with E-state index in [9.17, 15) is 13.2 Å². The van der Waals surface area contributed by atoms with Crippen LogP contribution in [0, 0.1) is 0 Å². The van der Waals surface area contributed by atoms with Crippen LogP contribution in [-0.4, -0.2) is 26.6 Å². The third-order valence-corrected chi connectivity index (χ3v) is 6.12. The van der Waals surface area contributed by atoms with Crippen LogP contribution in [0.4, 0.5) is 5.69 Å². The summed E-state index contributed by atoms with van der Waals surface area (Å²) in [5.74, 6) is 0.236. The van der Waals surface area contributed by atoms with Crippen LogP contribution < -0.4 is 9.62 Å². The number of nitrogens with one attached hydrogen (secondary N) is 1. The van der Waals surface area contributed by atoms with E-state index in [0.717, 1.165) is 35.3 Å². The number of sulfonamides is 1. The van der Waals surface area contributed by atoms with Gasteiger partial charge in [0.1, 0.15) is 0 Å². The van der Waals surface area contributed by atoms with Gasteiger partial charge in [-0.05, 0) is 42.0 Å². The second-order valence-electron chi connectivity index (χ2n) is 6.88. The van der Waals surface area contributed by atoms with Gasteiger partial charge in [-0.25, -0.2) is 13.1 Å². The molecule has 0 fully saturated rings. The number of rotatable bonds is 8. The molecule has 144 valence electrons. The molecule has 0 atom stereocenters. The molecule has 0 unspecified atom stereocenters. The van der Waals surface area contributed by atoms with E-state index in [0.29, 0.717) is 19.3 Å². The number of anilines is 1. The monoisotopic (exact) mass is 386 g/mol. The van der Waals surface area contributed by atoms with Gasteiger partial charge in [0, 0.05) is 25.2 Å². The van der Waals surface area contributed by atoms with E-state index >= 15 is 0 Å². The minimum atomic E-state index is -3.34. The van der Waals surface area contributed by atoms with Gasteiger partial charge in [0.2, 0.25) is 15.9 Å². The van der Waals surface area contributed by atoms with Crippen molar-refractivity contribution in [1.29, 1.82) is 0 Å². The van der Waals surface area contributed by atoms with Crippen molar-refractivity contribution in [2.24, 2.45) is 0 Å². The summed E-state index contributed by atoms with van der Waals surface area (Å²) in [5, 5.41) is 0. The summed E-state index contributed by atoms with van der Waals surface area (Å²) in [4.78, 5) is 14.0. The maximum Gasteiger partial charge on any atom is 0.227 e. The van der Waals surface area contributed by atoms with Crippen molar-refractivity contribution in [1.82, 2.24) is 4.72 Å². The van der Waals surface area contributed by atoms with E-state index in [-0.39, 0.29) is 18.2 Å². The summed E-state index contributed by atoms with van der Waals surface area (Å²) in [6.45, 7) is 3.05. The Bertz CT molecular complexity index is 895. The first kappa shape index (κ1) is 19.6. The molecule has 1 heterocycles. The quantitative estimate of drug-likeness (QED) is 0.758. The maximum absolute atomic E-state index is 12.3. The zero-order valence-corrected chi connectivity index (χ0v) is 16.5. The standard InChI is InChI=1S/C21H26N2O3S/c1-2-13-23-20-10-8-18(15-19(20)9-11-21(23)24)16-22-27(25,26)14-12-17-6-4-3-5-7-17/h3-8,10,15,22H,2,9,11-14,16H2,1H3. The lowest BCUT2D eigenvalue weighted by molar-refractivity contribution is -0.118. The zero-order chi connectivity index (χ0) is 19.3. The minimum absolute atomic E-state index is 0.0702. The number of benzene rings is 2. The van der Waals surface area contributed by atoms with Crippen molar-refractivity contribution in [3.8, 4) is 0 Å². The highest BCUT2D eigenvalue weighted by molar-refractivity contribution is 7.89. The lowest BCUT2D eigenvalue weighted by atomic mass is 9.98. The van der Waals surface area contributed by atoms with E-state index in [1.165, 1.54) is 0 Å². The highest BCUT2D eigenvalue weighted by atomic mass is 32.2. The number of aryl methyl sites for hydroxylation is 2. The van der Waals surface area contributed by atoms with Crippen molar-refractivity contribution >= 4 is 21.6 Å². The lowest BCUT2D eigenvalue weighted by Gasteiger charge is -2.29. The number of fused-ring (bicyclic) bond motifs is 1. The highest BCUT2D eigenvalue weighted by Gasteiger charge is 2.23. The molecule has 0 bridgehead atoms. The number of hydrogen-bond acceptors (Lipinski definition) is 3. The Kier molecular flexibility index (Phi) is 6.29. The van der Waals surface area contributed by atoms with Crippen LogP contribution in [0.1, 0.15) is 36.5 Å². The second-order valence-corrected chi connectivity index (χ2v) is 8.81. The van der Waals surface area contributed by atoms with Crippen LogP contribution in [-0.2, 0) is 34.2 Å². The van der Waals surface area contributed by atoms with Gasteiger partial charge < -0.3 is 4.90 Å². The molecule has 5 nitrogen and oxygen atoms in total. The molecule has 27 heavy (non-hydrogen) atoms. The summed E-state index contributed by atoms with van der Waals surface area (Å²) >= 11 is 0. The molecule has 1 amide bonds. The molecular weight excluding hydrogens is 360 g/mol. The Morgan fingerprint density at radius 3 is 2.56 bits per heavy atom. The molecule has 1 N–H and O–H groups in total. The molecule has 0 aliphatic carbocycles. The fourth-order valence-corrected chi connectivity index (χ4v) is 4.39. The van der Waals surface area contributed by atoms with Crippen LogP contribution in [0.2, 0.25) is 0 Å². The predicted molar refractivity (Wildman–Crippen MR) is 108 cm³/mol. The third kappa shape index (κ3) is 5.17. The Labute approximate surface area is 161 Å². The first-order chi connectivity index (χ1) is 13.0. The largest absolute Gasteiger partial charge is 0.312 e. The molecule has 0 saturated carbocycles. The molecule has 1 aliphatic heterocycles. The van der Waals surface area contributed by atoms with Crippen LogP contribution in [0.5, 0.6) is 0 Å². The summed E-state index contributed by atoms with van der Waals surface area (Å²) in [6, 6.07) is 15.5. The van der Waals surface area contributed by atoms with E-state index in [1.54, 1.807) is 0 Å². The maximum atomic E-state index is 12.3. The van der Waals surface area contributed by atoms with Crippen LogP contribution in [0.15, 0.2) is 48.5 Å². The fraction of sp³-hybridized carbons (Fsp3) is 0.381. The topological polar surface area (TPSA) is 66.5 Å². The average Bonchev–Trinajstić information content (AvgIpc) is 2.68. The van der Waals surface area contributed by atoms with Crippen molar-refractivity contribution < 1.29 is 13.2 Å². The molecule has 6 heteroatoms. The molecular formula is C21H26N2O3S. The van der Waals surface area contributed by atoms with Gasteiger partial charge in [-0.2, -0.15) is 0 Å². The normalized spacial score (nSPS) is 14.3. The Balaban J connectivity index is 1.62. The van der Waals surface area contributed by atoms with Crippen LogP contribution >= 0.6 is 0 Å². The Morgan fingerprint density at radius 1 is 1.04 bits per heavy atom. The minimum Gasteiger partial charge on any atom is -0.312 e. The lowest BCUT2D eigenvalue weighted by Crippen LogP contribution is -2.35. The van der Waals surface area contributed by atoms with Crippen molar-refractivity contribution in [2.45, 2.75) is 39.2 Å². The molecule has 0 aromatic heterocycles. The number of carbonyl (C=O) groups is 1. The Morgan fingerprint density at radius 2 is 1.81 bits per heavy atom. The summed E-state index contributed by atoms with van der Waals surface area (Å²) in [7, 11) is -3.34. The number of hydrogen-bond donors (Lipinski definition) is 1. The highest BCUT2D eigenvalue weighted by Crippen LogP contribution is 2.29. The first-order valence-electron chi connectivity index (χ1n) is 9.42. The van der Waals surface area contributed by atoms with E-state index in [4.69, 9.17) is 0 Å². The van der Waals surface area contributed by atoms with Crippen molar-refractivity contribution in [3.05, 3.63) is 65.2 Å². The molecule has 0 saturated heterocycles.